The van der Waals surface area contributed by atoms with Gasteiger partial charge in [-0.15, -0.1) is 0 Å². The fraction of sp³-hybridized carbons (Fsp3) is 0.400. The van der Waals surface area contributed by atoms with E-state index in [1.165, 1.54) is 21.6 Å². The van der Waals surface area contributed by atoms with Gasteiger partial charge in [0, 0.05) is 13.0 Å². The van der Waals surface area contributed by atoms with Crippen molar-refractivity contribution in [3.63, 3.8) is 0 Å². The number of phenols is 1. The smallest absolute Gasteiger partial charge is 0.233 e. The number of carbonyl (C=O) groups is 2. The minimum absolute atomic E-state index is 0.00111. The van der Waals surface area contributed by atoms with Crippen molar-refractivity contribution < 1.29 is 19.4 Å². The molecule has 5 rings (SSSR count). The van der Waals surface area contributed by atoms with Gasteiger partial charge >= 0.3 is 0 Å². The van der Waals surface area contributed by atoms with E-state index in [0.717, 1.165) is 24.0 Å². The molecule has 182 valence electrons. The van der Waals surface area contributed by atoms with Crippen molar-refractivity contribution in [2.45, 2.75) is 39.2 Å². The van der Waals surface area contributed by atoms with E-state index in [9.17, 15) is 14.7 Å². The van der Waals surface area contributed by atoms with E-state index in [0.29, 0.717) is 18.9 Å². The SMILES string of the molecule is CC(C)C1=C2[C@@H](CC/C(=C/c3ccc(O)cc3)c3ccccc3)OC[C@@H]2[C@@H]2C(=O)N(C)C(=O)[C@@H]2C1. The summed E-state index contributed by atoms with van der Waals surface area (Å²) in [6.45, 7) is 4.87. The van der Waals surface area contributed by atoms with Gasteiger partial charge in [0.25, 0.3) is 0 Å². The molecule has 0 bridgehead atoms. The lowest BCUT2D eigenvalue weighted by Crippen LogP contribution is -2.34. The van der Waals surface area contributed by atoms with Crippen LogP contribution in [0, 0.1) is 23.7 Å². The minimum atomic E-state index is -0.281. The van der Waals surface area contributed by atoms with Gasteiger partial charge in [0.1, 0.15) is 5.75 Å². The van der Waals surface area contributed by atoms with E-state index in [4.69, 9.17) is 4.74 Å². The summed E-state index contributed by atoms with van der Waals surface area (Å²) in [6.07, 6.45) is 4.43. The van der Waals surface area contributed by atoms with Crippen molar-refractivity contribution in [2.24, 2.45) is 23.7 Å². The van der Waals surface area contributed by atoms with Crippen molar-refractivity contribution in [2.75, 3.05) is 13.7 Å². The van der Waals surface area contributed by atoms with Gasteiger partial charge in [0.15, 0.2) is 0 Å². The second-order valence-electron chi connectivity index (χ2n) is 10.3. The van der Waals surface area contributed by atoms with Crippen LogP contribution in [0.25, 0.3) is 11.6 Å². The number of carbonyl (C=O) groups excluding carboxylic acids is 2. The molecule has 2 saturated heterocycles. The lowest BCUT2D eigenvalue weighted by Gasteiger charge is -2.33. The van der Waals surface area contributed by atoms with Crippen LogP contribution in [0.3, 0.4) is 0 Å². The van der Waals surface area contributed by atoms with Gasteiger partial charge in [0.2, 0.25) is 11.8 Å². The summed E-state index contributed by atoms with van der Waals surface area (Å²) in [5.41, 5.74) is 5.98. The van der Waals surface area contributed by atoms with Crippen molar-refractivity contribution in [1.82, 2.24) is 4.90 Å². The zero-order valence-corrected chi connectivity index (χ0v) is 20.6. The standard InChI is InChI=1S/C30H33NO4/c1-18(2)23-16-24-28(30(34)31(3)29(24)33)25-17-35-26(27(23)25)14-11-21(20-7-5-4-6-8-20)15-19-9-12-22(32)13-10-19/h4-10,12-13,15,18,24-26,28,32H,11,14,16-17H2,1-3H3/b21-15-/t24-,25+,26-,28-/m1/s1. The molecular weight excluding hydrogens is 438 g/mol. The molecule has 2 aromatic rings. The van der Waals surface area contributed by atoms with Crippen LogP contribution in [0.15, 0.2) is 65.7 Å². The number of ether oxygens (including phenoxy) is 1. The Balaban J connectivity index is 1.43. The molecule has 2 heterocycles. The number of amides is 2. The fourth-order valence-corrected chi connectivity index (χ4v) is 6.13. The van der Waals surface area contributed by atoms with Crippen molar-refractivity contribution >= 4 is 23.5 Å². The first-order chi connectivity index (χ1) is 16.8. The third-order valence-electron chi connectivity index (χ3n) is 7.92. The molecule has 0 radical (unpaired) electrons. The number of fused-ring (bicyclic) bond motifs is 3. The first kappa shape index (κ1) is 23.6. The zero-order chi connectivity index (χ0) is 24.7. The third-order valence-corrected chi connectivity index (χ3v) is 7.92. The summed E-state index contributed by atoms with van der Waals surface area (Å²) in [7, 11) is 1.62. The van der Waals surface area contributed by atoms with Gasteiger partial charge in [0.05, 0.1) is 24.5 Å². The second kappa shape index (κ2) is 9.46. The van der Waals surface area contributed by atoms with Crippen molar-refractivity contribution in [3.05, 3.63) is 76.9 Å². The predicted octanol–water partition coefficient (Wildman–Crippen LogP) is 5.32. The van der Waals surface area contributed by atoms with Gasteiger partial charge in [-0.3, -0.25) is 14.5 Å². The number of likely N-dealkylation sites (tertiary alicyclic amines) is 1. The van der Waals surface area contributed by atoms with E-state index in [-0.39, 0.29) is 41.4 Å². The fourth-order valence-electron chi connectivity index (χ4n) is 6.13. The summed E-state index contributed by atoms with van der Waals surface area (Å²) in [5.74, 6) is -0.0449. The van der Waals surface area contributed by atoms with Crippen LogP contribution in [0.2, 0.25) is 0 Å². The molecule has 5 heteroatoms. The molecule has 2 aliphatic heterocycles. The van der Waals surface area contributed by atoms with Crippen LogP contribution in [-0.2, 0) is 14.3 Å². The average Bonchev–Trinajstić information content (AvgIpc) is 3.37. The Kier molecular flexibility index (Phi) is 6.37. The number of aromatic hydroxyl groups is 1. The Morgan fingerprint density at radius 1 is 1.06 bits per heavy atom. The first-order valence-corrected chi connectivity index (χ1v) is 12.6. The molecule has 35 heavy (non-hydrogen) atoms. The van der Waals surface area contributed by atoms with E-state index in [1.54, 1.807) is 19.2 Å². The summed E-state index contributed by atoms with van der Waals surface area (Å²) < 4.78 is 6.36. The summed E-state index contributed by atoms with van der Waals surface area (Å²) in [4.78, 5) is 27.1. The Morgan fingerprint density at radius 2 is 1.77 bits per heavy atom. The van der Waals surface area contributed by atoms with Gasteiger partial charge < -0.3 is 9.84 Å². The molecule has 3 aliphatic rings. The number of allylic oxidation sites excluding steroid dienone is 2. The van der Waals surface area contributed by atoms with Crippen LogP contribution in [0.4, 0.5) is 0 Å². The maximum atomic E-state index is 13.0. The molecule has 5 nitrogen and oxygen atoms in total. The number of imide groups is 1. The Labute approximate surface area is 207 Å². The molecule has 0 spiro atoms. The minimum Gasteiger partial charge on any atom is -0.508 e. The Morgan fingerprint density at radius 3 is 2.46 bits per heavy atom. The molecule has 0 saturated carbocycles. The van der Waals surface area contributed by atoms with Gasteiger partial charge in [-0.1, -0.05) is 68.0 Å². The largest absolute Gasteiger partial charge is 0.508 e. The van der Waals surface area contributed by atoms with Gasteiger partial charge in [-0.25, -0.2) is 0 Å². The molecular formula is C30H33NO4. The highest BCUT2D eigenvalue weighted by Crippen LogP contribution is 2.51. The molecule has 2 aromatic carbocycles. The zero-order valence-electron chi connectivity index (χ0n) is 20.6. The molecule has 2 fully saturated rings. The summed E-state index contributed by atoms with van der Waals surface area (Å²) >= 11 is 0. The van der Waals surface area contributed by atoms with Crippen LogP contribution >= 0.6 is 0 Å². The molecule has 2 amide bonds. The predicted molar refractivity (Wildman–Crippen MR) is 136 cm³/mol. The van der Waals surface area contributed by atoms with E-state index in [2.05, 4.69) is 32.1 Å². The molecule has 1 aliphatic carbocycles. The molecule has 1 N–H and O–H groups in total. The number of hydrogen-bond donors (Lipinski definition) is 1. The number of phenolic OH excluding ortho intramolecular Hbond substituents is 1. The maximum Gasteiger partial charge on any atom is 0.233 e. The molecule has 0 aromatic heterocycles. The summed E-state index contributed by atoms with van der Waals surface area (Å²) in [5, 5.41) is 9.66. The number of nitrogens with zero attached hydrogens (tertiary/aromatic N) is 1. The average molecular weight is 472 g/mol. The van der Waals surface area contributed by atoms with E-state index >= 15 is 0 Å². The monoisotopic (exact) mass is 471 g/mol. The van der Waals surface area contributed by atoms with Crippen LogP contribution < -0.4 is 0 Å². The van der Waals surface area contributed by atoms with Gasteiger partial charge in [-0.05, 0) is 59.6 Å². The van der Waals surface area contributed by atoms with Crippen LogP contribution in [0.1, 0.15) is 44.2 Å². The number of benzene rings is 2. The van der Waals surface area contributed by atoms with Crippen molar-refractivity contribution in [1.29, 1.82) is 0 Å². The van der Waals surface area contributed by atoms with E-state index < -0.39 is 0 Å². The van der Waals surface area contributed by atoms with E-state index in [1.807, 2.05) is 30.3 Å². The maximum absolute atomic E-state index is 13.0. The topological polar surface area (TPSA) is 66.8 Å². The van der Waals surface area contributed by atoms with Crippen LogP contribution in [-0.4, -0.2) is 41.6 Å². The van der Waals surface area contributed by atoms with Crippen LogP contribution in [0.5, 0.6) is 5.75 Å². The highest BCUT2D eigenvalue weighted by molar-refractivity contribution is 6.05. The number of hydrogen-bond acceptors (Lipinski definition) is 4. The first-order valence-electron chi connectivity index (χ1n) is 12.6. The number of rotatable bonds is 6. The Hall–Kier alpha value is -3.18. The molecule has 4 atom stereocenters. The second-order valence-corrected chi connectivity index (χ2v) is 10.3. The highest BCUT2D eigenvalue weighted by atomic mass is 16.5. The normalized spacial score (nSPS) is 26.5. The lowest BCUT2D eigenvalue weighted by atomic mass is 9.67. The quantitative estimate of drug-likeness (QED) is 0.352. The highest BCUT2D eigenvalue weighted by Gasteiger charge is 2.56. The third kappa shape index (κ3) is 4.34. The lowest BCUT2D eigenvalue weighted by molar-refractivity contribution is -0.138. The summed E-state index contributed by atoms with van der Waals surface area (Å²) in [6, 6.07) is 17.6. The van der Waals surface area contributed by atoms with Gasteiger partial charge in [-0.2, -0.15) is 0 Å². The van der Waals surface area contributed by atoms with Crippen molar-refractivity contribution in [3.8, 4) is 5.75 Å². The Bertz CT molecular complexity index is 1180. The molecule has 0 unspecified atom stereocenters.